The van der Waals surface area contributed by atoms with E-state index in [1.807, 2.05) is 38.1 Å². The van der Waals surface area contributed by atoms with E-state index in [2.05, 4.69) is 10.3 Å². The van der Waals surface area contributed by atoms with Crippen LogP contribution in [0, 0.1) is 0 Å². The van der Waals surface area contributed by atoms with Crippen LogP contribution in [-0.4, -0.2) is 53.5 Å². The number of rotatable bonds is 4. The van der Waals surface area contributed by atoms with Crippen molar-refractivity contribution < 1.29 is 9.59 Å². The molecule has 1 aliphatic rings. The van der Waals surface area contributed by atoms with Gasteiger partial charge in [0.05, 0.1) is 5.88 Å². The molecule has 114 valence electrons. The number of hydrogen-bond acceptors (Lipinski definition) is 5. The lowest BCUT2D eigenvalue weighted by molar-refractivity contribution is -0.135. The predicted molar refractivity (Wildman–Crippen MR) is 85.4 cm³/mol. The third-order valence-electron chi connectivity index (χ3n) is 3.25. The summed E-state index contributed by atoms with van der Waals surface area (Å²) < 4.78 is 0. The first-order valence-corrected chi connectivity index (χ1v) is 8.01. The van der Waals surface area contributed by atoms with Crippen LogP contribution in [0.25, 0.3) is 0 Å². The number of nitrogens with zero attached hydrogens (tertiary/aromatic N) is 3. The van der Waals surface area contributed by atoms with Crippen LogP contribution < -0.4 is 10.2 Å². The quantitative estimate of drug-likeness (QED) is 0.911. The van der Waals surface area contributed by atoms with Crippen LogP contribution >= 0.6 is 11.8 Å². The minimum absolute atomic E-state index is 0.00940. The summed E-state index contributed by atoms with van der Waals surface area (Å²) in [7, 11) is 3.78. The van der Waals surface area contributed by atoms with E-state index in [0.29, 0.717) is 23.9 Å². The van der Waals surface area contributed by atoms with E-state index in [0.717, 1.165) is 5.82 Å². The van der Waals surface area contributed by atoms with E-state index in [1.54, 1.807) is 22.7 Å². The van der Waals surface area contributed by atoms with Crippen molar-refractivity contribution in [2.24, 2.45) is 0 Å². The number of hydrogen-bond donors (Lipinski definition) is 1. The predicted octanol–water partition coefficient (Wildman–Crippen LogP) is 1.40. The lowest BCUT2D eigenvalue weighted by atomic mass is 10.2. The molecule has 1 fully saturated rings. The minimum atomic E-state index is -0.410. The highest BCUT2D eigenvalue weighted by molar-refractivity contribution is 7.99. The van der Waals surface area contributed by atoms with Gasteiger partial charge >= 0.3 is 0 Å². The van der Waals surface area contributed by atoms with E-state index < -0.39 is 6.04 Å². The Balaban J connectivity index is 2.07. The van der Waals surface area contributed by atoms with E-state index >= 15 is 0 Å². The molecule has 0 saturated carbocycles. The number of aromatic nitrogens is 1. The Morgan fingerprint density at radius 3 is 2.90 bits per heavy atom. The fourth-order valence-electron chi connectivity index (χ4n) is 2.06. The Morgan fingerprint density at radius 2 is 2.24 bits per heavy atom. The third kappa shape index (κ3) is 3.66. The van der Waals surface area contributed by atoms with Gasteiger partial charge in [0.2, 0.25) is 11.8 Å². The van der Waals surface area contributed by atoms with Crippen molar-refractivity contribution in [2.75, 3.05) is 35.9 Å². The van der Waals surface area contributed by atoms with Crippen molar-refractivity contribution >= 4 is 35.2 Å². The van der Waals surface area contributed by atoms with E-state index in [9.17, 15) is 9.59 Å². The zero-order valence-electron chi connectivity index (χ0n) is 12.5. The largest absolute Gasteiger partial charge is 0.363 e. The average molecular weight is 308 g/mol. The van der Waals surface area contributed by atoms with Crippen LogP contribution in [0.5, 0.6) is 0 Å². The molecule has 1 N–H and O–H groups in total. The highest BCUT2D eigenvalue weighted by atomic mass is 32.2. The molecule has 1 unspecified atom stereocenters. The second-order valence-electron chi connectivity index (χ2n) is 5.00. The number of carbonyl (C=O) groups excluding carboxylic acids is 2. The normalized spacial score (nSPS) is 17.7. The van der Waals surface area contributed by atoms with Gasteiger partial charge in [-0.25, -0.2) is 4.98 Å². The molecule has 0 aliphatic carbocycles. The Kier molecular flexibility index (Phi) is 5.06. The number of pyridine rings is 1. The third-order valence-corrected chi connectivity index (χ3v) is 4.26. The Bertz CT molecular complexity index is 535. The fraction of sp³-hybridized carbons (Fsp3) is 0.500. The monoisotopic (exact) mass is 308 g/mol. The summed E-state index contributed by atoms with van der Waals surface area (Å²) >= 11 is 1.60. The number of carbonyl (C=O) groups is 2. The van der Waals surface area contributed by atoms with Gasteiger partial charge in [0.1, 0.15) is 17.7 Å². The summed E-state index contributed by atoms with van der Waals surface area (Å²) in [5, 5.41) is 2.80. The summed E-state index contributed by atoms with van der Waals surface area (Å²) in [5.41, 5.74) is 0. The molecule has 2 amide bonds. The molecule has 7 heteroatoms. The van der Waals surface area contributed by atoms with Gasteiger partial charge in [0, 0.05) is 26.3 Å². The fourth-order valence-corrected chi connectivity index (χ4v) is 3.24. The van der Waals surface area contributed by atoms with Gasteiger partial charge in [-0.15, -0.1) is 11.8 Å². The SMILES string of the molecule is CCC(=O)N1CSCC1C(=O)Nc1cccc(N(C)C)n1. The first-order valence-electron chi connectivity index (χ1n) is 6.85. The molecular formula is C14H20N4O2S. The highest BCUT2D eigenvalue weighted by Crippen LogP contribution is 2.23. The molecule has 6 nitrogen and oxygen atoms in total. The Morgan fingerprint density at radius 1 is 1.48 bits per heavy atom. The maximum atomic E-state index is 12.4. The summed E-state index contributed by atoms with van der Waals surface area (Å²) in [6, 6.07) is 5.05. The van der Waals surface area contributed by atoms with Crippen molar-refractivity contribution in [3.8, 4) is 0 Å². The number of amides is 2. The van der Waals surface area contributed by atoms with Crippen LogP contribution in [0.2, 0.25) is 0 Å². The molecule has 1 aliphatic heterocycles. The van der Waals surface area contributed by atoms with Gasteiger partial charge in [0.15, 0.2) is 0 Å². The Labute approximate surface area is 128 Å². The molecule has 0 aromatic carbocycles. The molecule has 1 atom stereocenters. The lowest BCUT2D eigenvalue weighted by Gasteiger charge is -2.22. The second kappa shape index (κ2) is 6.80. The summed E-state index contributed by atoms with van der Waals surface area (Å²) in [6.07, 6.45) is 0.415. The van der Waals surface area contributed by atoms with Crippen LogP contribution in [0.3, 0.4) is 0 Å². The van der Waals surface area contributed by atoms with E-state index in [4.69, 9.17) is 0 Å². The summed E-state index contributed by atoms with van der Waals surface area (Å²) in [5.74, 6) is 2.32. The van der Waals surface area contributed by atoms with Gasteiger partial charge in [-0.3, -0.25) is 9.59 Å². The summed E-state index contributed by atoms with van der Waals surface area (Å²) in [4.78, 5) is 32.1. The van der Waals surface area contributed by atoms with Crippen LogP contribution in [0.15, 0.2) is 18.2 Å². The van der Waals surface area contributed by atoms with Crippen molar-refractivity contribution in [3.63, 3.8) is 0 Å². The first kappa shape index (κ1) is 15.6. The number of nitrogens with one attached hydrogen (secondary N) is 1. The molecule has 2 rings (SSSR count). The van der Waals surface area contributed by atoms with Crippen molar-refractivity contribution in [3.05, 3.63) is 18.2 Å². The van der Waals surface area contributed by atoms with Gasteiger partial charge in [-0.1, -0.05) is 13.0 Å². The number of thioether (sulfide) groups is 1. The van der Waals surface area contributed by atoms with Crippen LogP contribution in [-0.2, 0) is 9.59 Å². The van der Waals surface area contributed by atoms with Crippen molar-refractivity contribution in [1.29, 1.82) is 0 Å². The molecule has 2 heterocycles. The molecular weight excluding hydrogens is 288 g/mol. The molecule has 0 spiro atoms. The van der Waals surface area contributed by atoms with E-state index in [1.165, 1.54) is 0 Å². The van der Waals surface area contributed by atoms with Gasteiger partial charge in [-0.05, 0) is 12.1 Å². The van der Waals surface area contributed by atoms with Gasteiger partial charge in [-0.2, -0.15) is 0 Å². The lowest BCUT2D eigenvalue weighted by Crippen LogP contribution is -2.44. The smallest absolute Gasteiger partial charge is 0.249 e. The minimum Gasteiger partial charge on any atom is -0.363 e. The molecule has 1 aromatic rings. The average Bonchev–Trinajstić information content (AvgIpc) is 2.96. The molecule has 0 radical (unpaired) electrons. The highest BCUT2D eigenvalue weighted by Gasteiger charge is 2.33. The molecule has 1 aromatic heterocycles. The first-order chi connectivity index (χ1) is 10.0. The molecule has 21 heavy (non-hydrogen) atoms. The second-order valence-corrected chi connectivity index (χ2v) is 6.00. The zero-order valence-corrected chi connectivity index (χ0v) is 13.3. The standard InChI is InChI=1S/C14H20N4O2S/c1-4-13(19)18-9-21-8-10(18)14(20)16-11-6-5-7-12(15-11)17(2)3/h5-7,10H,4,8-9H2,1-3H3,(H,15,16,20). The topological polar surface area (TPSA) is 65.5 Å². The Hall–Kier alpha value is -1.76. The molecule has 1 saturated heterocycles. The van der Waals surface area contributed by atoms with Crippen molar-refractivity contribution in [2.45, 2.75) is 19.4 Å². The van der Waals surface area contributed by atoms with E-state index in [-0.39, 0.29) is 11.8 Å². The van der Waals surface area contributed by atoms with Crippen LogP contribution in [0.1, 0.15) is 13.3 Å². The van der Waals surface area contributed by atoms with Gasteiger partial charge in [0.25, 0.3) is 0 Å². The molecule has 0 bridgehead atoms. The summed E-state index contributed by atoms with van der Waals surface area (Å²) in [6.45, 7) is 1.81. The maximum Gasteiger partial charge on any atom is 0.249 e. The maximum absolute atomic E-state index is 12.4. The number of anilines is 2. The van der Waals surface area contributed by atoms with Crippen molar-refractivity contribution in [1.82, 2.24) is 9.88 Å². The van der Waals surface area contributed by atoms with Gasteiger partial charge < -0.3 is 15.1 Å². The zero-order chi connectivity index (χ0) is 15.4. The van der Waals surface area contributed by atoms with Crippen LogP contribution in [0.4, 0.5) is 11.6 Å².